The van der Waals surface area contributed by atoms with Gasteiger partial charge in [0.1, 0.15) is 0 Å². The van der Waals surface area contributed by atoms with Crippen molar-refractivity contribution < 1.29 is 0 Å². The summed E-state index contributed by atoms with van der Waals surface area (Å²) in [6.45, 7) is 0. The van der Waals surface area contributed by atoms with E-state index in [1.54, 1.807) is 33.7 Å². The molecule has 0 radical (unpaired) electrons. The van der Waals surface area contributed by atoms with Crippen molar-refractivity contribution in [3.63, 3.8) is 0 Å². The minimum atomic E-state index is -0.00436. The monoisotopic (exact) mass is 822 g/mol. The Labute approximate surface area is 376 Å². The Kier molecular flexibility index (Phi) is 9.34. The average Bonchev–Trinajstić information content (AvgIpc) is 3.82. The van der Waals surface area contributed by atoms with Crippen molar-refractivity contribution in [1.29, 1.82) is 0 Å². The molecule has 0 bridgehead atoms. The SMILES string of the molecule is C1=CCC(N(C2=CC3C(C=C2)c2ccccc2C32C3C=CC=C(N(C4=CCCCC4)C4CCCC5=C4CCC=C5)C3C3C=CCCC32)C2Cc3ccccc3-c3ccccc32)C=C1. The predicted octanol–water partition coefficient (Wildman–Crippen LogP) is 14.5. The predicted molar refractivity (Wildman–Crippen MR) is 259 cm³/mol. The smallest absolute Gasteiger partial charge is 0.0595 e. The number of fused-ring (bicyclic) bond motifs is 13. The summed E-state index contributed by atoms with van der Waals surface area (Å²) in [6.07, 6.45) is 54.1. The second-order valence-electron chi connectivity index (χ2n) is 20.4. The van der Waals surface area contributed by atoms with E-state index in [1.165, 1.54) is 98.6 Å². The molecule has 13 rings (SSSR count). The summed E-state index contributed by atoms with van der Waals surface area (Å²) in [5.41, 5.74) is 17.1. The molecule has 2 nitrogen and oxygen atoms in total. The summed E-state index contributed by atoms with van der Waals surface area (Å²) < 4.78 is 0. The minimum Gasteiger partial charge on any atom is -0.358 e. The van der Waals surface area contributed by atoms with Gasteiger partial charge in [-0.15, -0.1) is 0 Å². The lowest BCUT2D eigenvalue weighted by molar-refractivity contribution is 0.170. The van der Waals surface area contributed by atoms with Gasteiger partial charge in [-0.05, 0) is 164 Å². The molecule has 63 heavy (non-hydrogen) atoms. The first-order valence-corrected chi connectivity index (χ1v) is 25.0. The highest BCUT2D eigenvalue weighted by molar-refractivity contribution is 5.74. The fraction of sp³-hybridized carbons (Fsp3) is 0.377. The Hall–Kier alpha value is -5.34. The summed E-state index contributed by atoms with van der Waals surface area (Å²) in [6, 6.07) is 29.3. The van der Waals surface area contributed by atoms with Crippen LogP contribution >= 0.6 is 0 Å². The Bertz CT molecular complexity index is 2650. The fourth-order valence-corrected chi connectivity index (χ4v) is 15.5. The summed E-state index contributed by atoms with van der Waals surface area (Å²) in [5, 5.41) is 0. The van der Waals surface area contributed by atoms with E-state index in [2.05, 4.69) is 174 Å². The normalized spacial score (nSPS) is 33.9. The van der Waals surface area contributed by atoms with Crippen molar-refractivity contribution in [2.45, 2.75) is 113 Å². The van der Waals surface area contributed by atoms with E-state index in [-0.39, 0.29) is 17.5 Å². The van der Waals surface area contributed by atoms with Gasteiger partial charge in [0.15, 0.2) is 0 Å². The van der Waals surface area contributed by atoms with E-state index in [0.717, 1.165) is 12.8 Å². The molecule has 3 aromatic rings. The summed E-state index contributed by atoms with van der Waals surface area (Å²) in [7, 11) is 0. The molecule has 1 saturated carbocycles. The van der Waals surface area contributed by atoms with Crippen LogP contribution in [-0.2, 0) is 11.8 Å². The third-order valence-electron chi connectivity index (χ3n) is 17.7. The second-order valence-corrected chi connectivity index (χ2v) is 20.4. The van der Waals surface area contributed by atoms with Gasteiger partial charge in [0.05, 0.1) is 18.1 Å². The van der Waals surface area contributed by atoms with E-state index in [4.69, 9.17) is 0 Å². The number of hydrogen-bond acceptors (Lipinski definition) is 2. The number of hydrogen-bond donors (Lipinski definition) is 0. The van der Waals surface area contributed by atoms with Crippen molar-refractivity contribution in [3.05, 3.63) is 214 Å². The van der Waals surface area contributed by atoms with Crippen molar-refractivity contribution in [2.24, 2.45) is 29.6 Å². The third-order valence-corrected chi connectivity index (χ3v) is 17.7. The lowest BCUT2D eigenvalue weighted by Crippen LogP contribution is -2.46. The van der Waals surface area contributed by atoms with E-state index < -0.39 is 0 Å². The van der Waals surface area contributed by atoms with Crippen LogP contribution in [0.1, 0.15) is 111 Å². The molecule has 316 valence electrons. The van der Waals surface area contributed by atoms with E-state index in [9.17, 15) is 0 Å². The Morgan fingerprint density at radius 1 is 0.635 bits per heavy atom. The number of rotatable bonds is 6. The number of nitrogens with zero attached hydrogens (tertiary/aromatic N) is 2. The maximum absolute atomic E-state index is 3.01. The number of benzene rings is 3. The molecular weight excluding hydrogens is 761 g/mol. The zero-order chi connectivity index (χ0) is 41.5. The Balaban J connectivity index is 0.971. The lowest BCUT2D eigenvalue weighted by Gasteiger charge is -2.49. The van der Waals surface area contributed by atoms with E-state index in [0.29, 0.717) is 41.5 Å². The van der Waals surface area contributed by atoms with Gasteiger partial charge in [-0.25, -0.2) is 0 Å². The molecule has 0 heterocycles. The maximum Gasteiger partial charge on any atom is 0.0595 e. The molecule has 1 fully saturated rings. The molecule has 10 aliphatic carbocycles. The van der Waals surface area contributed by atoms with Gasteiger partial charge in [0.2, 0.25) is 0 Å². The first-order valence-electron chi connectivity index (χ1n) is 25.0. The first-order chi connectivity index (χ1) is 31.3. The molecule has 3 aromatic carbocycles. The van der Waals surface area contributed by atoms with Crippen LogP contribution in [0.15, 0.2) is 192 Å². The lowest BCUT2D eigenvalue weighted by atomic mass is 9.58. The topological polar surface area (TPSA) is 6.48 Å². The molecule has 10 aliphatic rings. The second kappa shape index (κ2) is 15.4. The first kappa shape index (κ1) is 38.1. The molecule has 0 amide bonds. The van der Waals surface area contributed by atoms with Gasteiger partial charge >= 0.3 is 0 Å². The largest absolute Gasteiger partial charge is 0.358 e. The third kappa shape index (κ3) is 5.81. The molecule has 0 aliphatic heterocycles. The zero-order valence-corrected chi connectivity index (χ0v) is 36.9. The highest BCUT2D eigenvalue weighted by atomic mass is 15.2. The molecule has 2 heteroatoms. The molecule has 10 unspecified atom stereocenters. The number of allylic oxidation sites excluding steroid dienone is 16. The van der Waals surface area contributed by atoms with Gasteiger partial charge in [-0.2, -0.15) is 0 Å². The van der Waals surface area contributed by atoms with Gasteiger partial charge in [-0.1, -0.05) is 152 Å². The van der Waals surface area contributed by atoms with Crippen LogP contribution in [0, 0.1) is 29.6 Å². The van der Waals surface area contributed by atoms with Crippen LogP contribution < -0.4 is 0 Å². The van der Waals surface area contributed by atoms with Crippen molar-refractivity contribution in [3.8, 4) is 11.1 Å². The minimum absolute atomic E-state index is 0.00436. The van der Waals surface area contributed by atoms with Crippen LogP contribution in [-0.4, -0.2) is 21.9 Å². The Morgan fingerprint density at radius 2 is 1.52 bits per heavy atom. The van der Waals surface area contributed by atoms with Gasteiger partial charge < -0.3 is 9.80 Å². The van der Waals surface area contributed by atoms with Crippen molar-refractivity contribution in [2.75, 3.05) is 0 Å². The van der Waals surface area contributed by atoms with Crippen LogP contribution in [0.3, 0.4) is 0 Å². The van der Waals surface area contributed by atoms with Gasteiger partial charge in [0, 0.05) is 34.3 Å². The standard InChI is InChI=1S/C61H62N2/c1-3-22-43(23-4-1)62(59-39-42-20-8-9-26-46(42)48-28-11-12-30-51(48)59)45-37-38-50-49-29-13-15-32-53(49)61(56(50)40-45)54-33-16-14-31-52(54)60-55(61)34-18-36-58(60)63(44-24-5-2-6-25-44)57-35-17-21-41-19-7-10-27-47(41)57/h1,3-4,7-9,11-15,18-20,22,24,26,28-32,34,36-38,40,43,50,52,54-57,59-60H,2,5-6,10,16-17,21,23,25,27,33,35,39H2. The average molecular weight is 823 g/mol. The molecule has 10 atom stereocenters. The highest BCUT2D eigenvalue weighted by Gasteiger charge is 2.68. The molecule has 1 spiro atoms. The van der Waals surface area contributed by atoms with E-state index in [1.807, 2.05) is 0 Å². The molecule has 0 N–H and O–H groups in total. The maximum atomic E-state index is 3.01. The molecular formula is C61H62N2. The fourth-order valence-electron chi connectivity index (χ4n) is 15.5. The van der Waals surface area contributed by atoms with E-state index >= 15 is 0 Å². The van der Waals surface area contributed by atoms with Crippen molar-refractivity contribution in [1.82, 2.24) is 9.80 Å². The summed E-state index contributed by atoms with van der Waals surface area (Å²) in [5.74, 6) is 2.69. The van der Waals surface area contributed by atoms with Gasteiger partial charge in [-0.3, -0.25) is 0 Å². The molecule has 0 saturated heterocycles. The highest BCUT2D eigenvalue weighted by Crippen LogP contribution is 2.72. The van der Waals surface area contributed by atoms with Crippen LogP contribution in [0.5, 0.6) is 0 Å². The van der Waals surface area contributed by atoms with Gasteiger partial charge in [0.25, 0.3) is 0 Å². The quantitative estimate of drug-likeness (QED) is 0.229. The summed E-state index contributed by atoms with van der Waals surface area (Å²) >= 11 is 0. The van der Waals surface area contributed by atoms with Crippen LogP contribution in [0.2, 0.25) is 0 Å². The molecule has 0 aromatic heterocycles. The Morgan fingerprint density at radius 3 is 2.43 bits per heavy atom. The van der Waals surface area contributed by atoms with Crippen LogP contribution in [0.4, 0.5) is 0 Å². The summed E-state index contributed by atoms with van der Waals surface area (Å²) in [4.78, 5) is 5.88. The van der Waals surface area contributed by atoms with Crippen molar-refractivity contribution >= 4 is 0 Å². The van der Waals surface area contributed by atoms with Crippen LogP contribution in [0.25, 0.3) is 11.1 Å². The zero-order valence-electron chi connectivity index (χ0n) is 36.9.